The zero-order valence-electron chi connectivity index (χ0n) is 29.2. The zero-order valence-corrected chi connectivity index (χ0v) is 30.9. The van der Waals surface area contributed by atoms with Crippen molar-refractivity contribution in [3.63, 3.8) is 0 Å². The Hall–Kier alpha value is -3.39. The fourth-order valence-corrected chi connectivity index (χ4v) is 9.98. The van der Waals surface area contributed by atoms with Gasteiger partial charge in [-0.2, -0.15) is 12.8 Å². The SMILES string of the molecule is CCCCCCCC/C([O-])=N/S(=O)(=O)c1ccc(CN(C)Cc2ccccc2[S+](c2ccccc2)c2ccc(C3CCCCC3)cc2)cc1. The molecule has 0 radical (unpaired) electrons. The molecule has 1 unspecified atom stereocenters. The quantitative estimate of drug-likeness (QED) is 0.0477. The van der Waals surface area contributed by atoms with E-state index in [2.05, 4.69) is 102 Å². The first-order chi connectivity index (χ1) is 23.8. The molecule has 0 bridgehead atoms. The van der Waals surface area contributed by atoms with Crippen LogP contribution in [0.2, 0.25) is 0 Å². The highest BCUT2D eigenvalue weighted by Gasteiger charge is 2.31. The van der Waals surface area contributed by atoms with Gasteiger partial charge >= 0.3 is 0 Å². The predicted molar refractivity (Wildman–Crippen MR) is 202 cm³/mol. The molecule has 0 aliphatic heterocycles. The van der Waals surface area contributed by atoms with Gasteiger partial charge in [-0.15, -0.1) is 0 Å². The lowest BCUT2D eigenvalue weighted by Crippen LogP contribution is -2.20. The standard InChI is InChI=1S/C42H52N2O3S2/c1-3-4-5-6-7-14-23-42(45)43-49(46,47)40-30-24-34(25-31-40)32-44(2)33-37-19-15-16-22-41(37)48(38-20-12-9-13-21-38)39-28-26-36(27-29-39)35-17-10-8-11-18-35/h9,12-13,15-16,19-22,24-31,35H,3-8,10-11,14,17-18,23,32-33H2,1-2H3. The van der Waals surface area contributed by atoms with Gasteiger partial charge in [-0.25, -0.2) is 0 Å². The van der Waals surface area contributed by atoms with Crippen LogP contribution in [0.3, 0.4) is 0 Å². The maximum Gasteiger partial charge on any atom is 0.281 e. The van der Waals surface area contributed by atoms with Crippen LogP contribution < -0.4 is 5.11 Å². The van der Waals surface area contributed by atoms with Crippen molar-refractivity contribution in [2.75, 3.05) is 7.05 Å². The highest BCUT2D eigenvalue weighted by atomic mass is 32.2. The third-order valence-electron chi connectivity index (χ3n) is 9.44. The Labute approximate surface area is 297 Å². The van der Waals surface area contributed by atoms with E-state index in [1.54, 1.807) is 12.1 Å². The summed E-state index contributed by atoms with van der Waals surface area (Å²) in [6.07, 6.45) is 13.0. The van der Waals surface area contributed by atoms with Crippen molar-refractivity contribution in [3.05, 3.63) is 120 Å². The normalized spacial score (nSPS) is 15.0. The minimum absolute atomic E-state index is 0.0574. The number of unbranched alkanes of at least 4 members (excludes halogenated alkanes) is 5. The van der Waals surface area contributed by atoms with E-state index in [4.69, 9.17) is 0 Å². The number of hydrogen-bond donors (Lipinski definition) is 0. The Kier molecular flexibility index (Phi) is 14.0. The molecule has 1 fully saturated rings. The predicted octanol–water partition coefficient (Wildman–Crippen LogP) is 9.66. The van der Waals surface area contributed by atoms with E-state index in [0.29, 0.717) is 18.9 Å². The van der Waals surface area contributed by atoms with Crippen LogP contribution in [0.1, 0.15) is 107 Å². The number of sulfonamides is 1. The van der Waals surface area contributed by atoms with Crippen molar-refractivity contribution in [1.29, 1.82) is 0 Å². The lowest BCUT2D eigenvalue weighted by molar-refractivity contribution is -0.218. The molecule has 1 aliphatic rings. The molecular weight excluding hydrogens is 645 g/mol. The van der Waals surface area contributed by atoms with E-state index in [0.717, 1.165) is 31.4 Å². The van der Waals surface area contributed by atoms with Crippen LogP contribution in [0.15, 0.2) is 127 Å². The van der Waals surface area contributed by atoms with E-state index in [1.807, 2.05) is 12.1 Å². The second-order valence-electron chi connectivity index (χ2n) is 13.4. The Morgan fingerprint density at radius 3 is 2.10 bits per heavy atom. The molecule has 1 saturated carbocycles. The minimum Gasteiger partial charge on any atom is -0.861 e. The van der Waals surface area contributed by atoms with Crippen LogP contribution >= 0.6 is 0 Å². The van der Waals surface area contributed by atoms with Crippen molar-refractivity contribution < 1.29 is 13.5 Å². The van der Waals surface area contributed by atoms with Crippen LogP contribution in [0.5, 0.6) is 0 Å². The Morgan fingerprint density at radius 2 is 1.39 bits per heavy atom. The molecule has 0 heterocycles. The second-order valence-corrected chi connectivity index (χ2v) is 17.0. The largest absolute Gasteiger partial charge is 0.861 e. The van der Waals surface area contributed by atoms with Crippen LogP contribution in [0.25, 0.3) is 0 Å². The number of hydrogen-bond acceptors (Lipinski definition) is 4. The fourth-order valence-electron chi connectivity index (χ4n) is 6.81. The lowest BCUT2D eigenvalue weighted by Gasteiger charge is -2.22. The fraction of sp³-hybridized carbons (Fsp3) is 0.405. The lowest BCUT2D eigenvalue weighted by atomic mass is 9.84. The summed E-state index contributed by atoms with van der Waals surface area (Å²) in [4.78, 5) is 6.26. The van der Waals surface area contributed by atoms with Crippen molar-refractivity contribution in [2.45, 2.75) is 123 Å². The van der Waals surface area contributed by atoms with Gasteiger partial charge in [0.25, 0.3) is 10.0 Å². The summed E-state index contributed by atoms with van der Waals surface area (Å²) in [6, 6.07) is 35.8. The molecule has 4 aromatic rings. The van der Waals surface area contributed by atoms with Gasteiger partial charge in [0.05, 0.1) is 15.8 Å². The first kappa shape index (κ1) is 36.9. The van der Waals surface area contributed by atoms with E-state index in [1.165, 1.54) is 70.8 Å². The topological polar surface area (TPSA) is 72.8 Å². The summed E-state index contributed by atoms with van der Waals surface area (Å²) < 4.78 is 29.2. The first-order valence-corrected chi connectivity index (χ1v) is 20.8. The molecule has 5 rings (SSSR count). The Balaban J connectivity index is 1.26. The number of benzene rings is 4. The van der Waals surface area contributed by atoms with Gasteiger partial charge in [0.1, 0.15) is 0 Å². The van der Waals surface area contributed by atoms with Gasteiger partial charge in [-0.3, -0.25) is 4.90 Å². The third-order valence-corrected chi connectivity index (χ3v) is 13.1. The van der Waals surface area contributed by atoms with Crippen molar-refractivity contribution in [1.82, 2.24) is 4.90 Å². The van der Waals surface area contributed by atoms with Gasteiger partial charge < -0.3 is 5.11 Å². The molecule has 49 heavy (non-hydrogen) atoms. The van der Waals surface area contributed by atoms with Crippen LogP contribution in [0.4, 0.5) is 0 Å². The van der Waals surface area contributed by atoms with E-state index >= 15 is 0 Å². The summed E-state index contributed by atoms with van der Waals surface area (Å²) in [7, 11) is -2.18. The highest BCUT2D eigenvalue weighted by molar-refractivity contribution is 7.97. The second kappa shape index (κ2) is 18.6. The summed E-state index contributed by atoms with van der Waals surface area (Å²) in [5, 5.41) is 12.3. The van der Waals surface area contributed by atoms with Crippen LogP contribution in [-0.2, 0) is 34.0 Å². The number of rotatable bonds is 17. The van der Waals surface area contributed by atoms with Gasteiger partial charge in [0, 0.05) is 18.7 Å². The molecule has 260 valence electrons. The zero-order chi connectivity index (χ0) is 34.5. The summed E-state index contributed by atoms with van der Waals surface area (Å²) in [5.41, 5.74) is 3.74. The smallest absolute Gasteiger partial charge is 0.281 e. The molecule has 0 aromatic heterocycles. The Morgan fingerprint density at radius 1 is 0.755 bits per heavy atom. The molecular formula is C42H52N2O3S2. The highest BCUT2D eigenvalue weighted by Crippen LogP contribution is 2.37. The van der Waals surface area contributed by atoms with E-state index in [-0.39, 0.29) is 22.2 Å². The van der Waals surface area contributed by atoms with Crippen molar-refractivity contribution in [3.8, 4) is 0 Å². The van der Waals surface area contributed by atoms with Crippen LogP contribution in [0, 0.1) is 0 Å². The Bertz CT molecular complexity index is 1720. The van der Waals surface area contributed by atoms with E-state index < -0.39 is 15.9 Å². The minimum atomic E-state index is -4.02. The molecule has 7 heteroatoms. The molecule has 0 amide bonds. The maximum absolute atomic E-state index is 12.8. The van der Waals surface area contributed by atoms with Gasteiger partial charge in [0.2, 0.25) is 0 Å². The summed E-state index contributed by atoms with van der Waals surface area (Å²) in [6.45, 7) is 3.56. The molecule has 1 atom stereocenters. The van der Waals surface area contributed by atoms with Crippen molar-refractivity contribution >= 4 is 26.8 Å². The van der Waals surface area contributed by atoms with E-state index in [9.17, 15) is 13.5 Å². The van der Waals surface area contributed by atoms with Gasteiger partial charge in [-0.1, -0.05) is 119 Å². The summed E-state index contributed by atoms with van der Waals surface area (Å²) >= 11 is 0. The molecule has 0 spiro atoms. The monoisotopic (exact) mass is 696 g/mol. The van der Waals surface area contributed by atoms with Gasteiger partial charge in [-0.05, 0) is 98.1 Å². The molecule has 5 nitrogen and oxygen atoms in total. The first-order valence-electron chi connectivity index (χ1n) is 18.1. The average molecular weight is 697 g/mol. The molecule has 1 aliphatic carbocycles. The molecule has 4 aromatic carbocycles. The number of nitrogens with zero attached hydrogens (tertiary/aromatic N) is 2. The average Bonchev–Trinajstić information content (AvgIpc) is 3.12. The van der Waals surface area contributed by atoms with Gasteiger partial charge in [0.15, 0.2) is 14.7 Å². The summed E-state index contributed by atoms with van der Waals surface area (Å²) in [5.74, 6) is 0.121. The molecule has 0 saturated heterocycles. The molecule has 0 N–H and O–H groups in total. The van der Waals surface area contributed by atoms with Crippen molar-refractivity contribution in [2.24, 2.45) is 4.40 Å². The third kappa shape index (κ3) is 10.8. The van der Waals surface area contributed by atoms with Crippen LogP contribution in [-0.4, -0.2) is 26.3 Å². The maximum atomic E-state index is 12.8.